The lowest BCUT2D eigenvalue weighted by Crippen LogP contribution is -2.29. The van der Waals surface area contributed by atoms with Crippen molar-refractivity contribution in [1.82, 2.24) is 5.32 Å². The Balaban J connectivity index is 2.02. The van der Waals surface area contributed by atoms with Crippen LogP contribution in [0.25, 0.3) is 0 Å². The zero-order valence-corrected chi connectivity index (χ0v) is 14.3. The first-order chi connectivity index (χ1) is 11.0. The molecule has 0 aliphatic heterocycles. The van der Waals surface area contributed by atoms with Gasteiger partial charge in [-0.15, -0.1) is 0 Å². The number of methoxy groups -OCH3 is 1. The predicted molar refractivity (Wildman–Crippen MR) is 93.8 cm³/mol. The molecule has 0 radical (unpaired) electrons. The lowest BCUT2D eigenvalue weighted by atomic mass is 9.99. The molecular weight excluding hydrogens is 286 g/mol. The average Bonchev–Trinajstić information content (AvgIpc) is 2.56. The fourth-order valence-electron chi connectivity index (χ4n) is 2.58. The van der Waals surface area contributed by atoms with E-state index in [1.165, 1.54) is 16.7 Å². The summed E-state index contributed by atoms with van der Waals surface area (Å²) in [5.74, 6) is 0.843. The summed E-state index contributed by atoms with van der Waals surface area (Å²) in [5, 5.41) is 3.14. The lowest BCUT2D eigenvalue weighted by Gasteiger charge is -2.19. The van der Waals surface area contributed by atoms with Crippen LogP contribution in [0.2, 0.25) is 0 Å². The standard InChI is InChI=1S/C20H25NO2/c1-5-19(17-9-6-14(2)15(3)12-17)21-20(22)13-16-7-10-18(23-4)11-8-16/h6-12,19H,5,13H2,1-4H3,(H,21,22). The highest BCUT2D eigenvalue weighted by Crippen LogP contribution is 2.20. The van der Waals surface area contributed by atoms with E-state index in [0.717, 1.165) is 17.7 Å². The van der Waals surface area contributed by atoms with Crippen molar-refractivity contribution in [3.05, 3.63) is 64.7 Å². The number of nitrogens with one attached hydrogen (secondary N) is 1. The van der Waals surface area contributed by atoms with E-state index in [-0.39, 0.29) is 11.9 Å². The quantitative estimate of drug-likeness (QED) is 0.871. The van der Waals surface area contributed by atoms with Gasteiger partial charge in [-0.1, -0.05) is 37.3 Å². The molecule has 122 valence electrons. The van der Waals surface area contributed by atoms with Crippen LogP contribution in [0.1, 0.15) is 41.6 Å². The van der Waals surface area contributed by atoms with Gasteiger partial charge in [0.2, 0.25) is 5.91 Å². The molecule has 2 aromatic rings. The molecule has 0 bridgehead atoms. The van der Waals surface area contributed by atoms with E-state index in [1.54, 1.807) is 7.11 Å². The summed E-state index contributed by atoms with van der Waals surface area (Å²) in [6, 6.07) is 14.0. The van der Waals surface area contributed by atoms with Crippen molar-refractivity contribution in [3.8, 4) is 5.75 Å². The Labute approximate surface area is 138 Å². The smallest absolute Gasteiger partial charge is 0.224 e. The van der Waals surface area contributed by atoms with Crippen LogP contribution in [0.5, 0.6) is 5.75 Å². The molecule has 0 saturated carbocycles. The summed E-state index contributed by atoms with van der Waals surface area (Å²) in [6.45, 7) is 6.29. The third-order valence-corrected chi connectivity index (χ3v) is 4.20. The minimum atomic E-state index is 0.0419. The van der Waals surface area contributed by atoms with Gasteiger partial charge in [0.1, 0.15) is 5.75 Å². The molecule has 0 fully saturated rings. The van der Waals surface area contributed by atoms with Crippen LogP contribution in [0.3, 0.4) is 0 Å². The minimum Gasteiger partial charge on any atom is -0.497 e. The Morgan fingerprint density at radius 2 is 1.78 bits per heavy atom. The maximum Gasteiger partial charge on any atom is 0.224 e. The van der Waals surface area contributed by atoms with Crippen LogP contribution >= 0.6 is 0 Å². The number of rotatable bonds is 6. The van der Waals surface area contributed by atoms with Gasteiger partial charge in [-0.2, -0.15) is 0 Å². The van der Waals surface area contributed by atoms with E-state index < -0.39 is 0 Å². The van der Waals surface area contributed by atoms with Crippen LogP contribution in [-0.4, -0.2) is 13.0 Å². The molecule has 23 heavy (non-hydrogen) atoms. The molecule has 0 aliphatic carbocycles. The van der Waals surface area contributed by atoms with Gasteiger partial charge in [-0.05, 0) is 54.7 Å². The van der Waals surface area contributed by atoms with Crippen molar-refractivity contribution in [2.75, 3.05) is 7.11 Å². The summed E-state index contributed by atoms with van der Waals surface area (Å²) in [7, 11) is 1.64. The van der Waals surface area contributed by atoms with Gasteiger partial charge < -0.3 is 10.1 Å². The van der Waals surface area contributed by atoms with Crippen molar-refractivity contribution in [2.45, 2.75) is 39.7 Å². The number of carbonyl (C=O) groups is 1. The minimum absolute atomic E-state index is 0.0419. The van der Waals surface area contributed by atoms with Crippen LogP contribution in [0, 0.1) is 13.8 Å². The molecule has 2 aromatic carbocycles. The van der Waals surface area contributed by atoms with E-state index in [4.69, 9.17) is 4.74 Å². The largest absolute Gasteiger partial charge is 0.497 e. The lowest BCUT2D eigenvalue weighted by molar-refractivity contribution is -0.121. The van der Waals surface area contributed by atoms with Crippen LogP contribution in [-0.2, 0) is 11.2 Å². The first-order valence-corrected chi connectivity index (χ1v) is 8.03. The van der Waals surface area contributed by atoms with E-state index in [9.17, 15) is 4.79 Å². The number of ether oxygens (including phenoxy) is 1. The molecular formula is C20H25NO2. The summed E-state index contributed by atoms with van der Waals surface area (Å²) in [6.07, 6.45) is 1.25. The van der Waals surface area contributed by atoms with E-state index in [0.29, 0.717) is 6.42 Å². The predicted octanol–water partition coefficient (Wildman–Crippen LogP) is 4.12. The van der Waals surface area contributed by atoms with Crippen molar-refractivity contribution >= 4 is 5.91 Å². The highest BCUT2D eigenvalue weighted by molar-refractivity contribution is 5.79. The van der Waals surface area contributed by atoms with Crippen LogP contribution in [0.15, 0.2) is 42.5 Å². The number of hydrogen-bond acceptors (Lipinski definition) is 2. The highest BCUT2D eigenvalue weighted by Gasteiger charge is 2.13. The summed E-state index contributed by atoms with van der Waals surface area (Å²) in [4.78, 5) is 12.3. The van der Waals surface area contributed by atoms with Gasteiger partial charge in [0.05, 0.1) is 19.6 Å². The maximum absolute atomic E-state index is 12.3. The number of carbonyl (C=O) groups excluding carboxylic acids is 1. The summed E-state index contributed by atoms with van der Waals surface area (Å²) in [5.41, 5.74) is 4.68. The highest BCUT2D eigenvalue weighted by atomic mass is 16.5. The monoisotopic (exact) mass is 311 g/mol. The molecule has 3 heteroatoms. The molecule has 0 aliphatic rings. The molecule has 0 spiro atoms. The SMILES string of the molecule is CCC(NC(=O)Cc1ccc(OC)cc1)c1ccc(C)c(C)c1. The second-order valence-corrected chi connectivity index (χ2v) is 5.90. The fourth-order valence-corrected chi connectivity index (χ4v) is 2.58. The van der Waals surface area contributed by atoms with Crippen LogP contribution < -0.4 is 10.1 Å². The van der Waals surface area contributed by atoms with E-state index in [2.05, 4.69) is 44.3 Å². The molecule has 1 N–H and O–H groups in total. The zero-order valence-electron chi connectivity index (χ0n) is 14.3. The molecule has 1 atom stereocenters. The molecule has 0 heterocycles. The molecule has 1 amide bonds. The fraction of sp³-hybridized carbons (Fsp3) is 0.350. The Morgan fingerprint density at radius 3 is 2.35 bits per heavy atom. The van der Waals surface area contributed by atoms with Crippen molar-refractivity contribution < 1.29 is 9.53 Å². The Kier molecular flexibility index (Phi) is 5.80. The number of amides is 1. The van der Waals surface area contributed by atoms with Gasteiger partial charge in [0.25, 0.3) is 0 Å². The number of benzene rings is 2. The topological polar surface area (TPSA) is 38.3 Å². The second-order valence-electron chi connectivity index (χ2n) is 5.90. The first kappa shape index (κ1) is 17.1. The number of hydrogen-bond donors (Lipinski definition) is 1. The van der Waals surface area contributed by atoms with Crippen LogP contribution in [0.4, 0.5) is 0 Å². The number of aryl methyl sites for hydroxylation is 2. The molecule has 0 aromatic heterocycles. The summed E-state index contributed by atoms with van der Waals surface area (Å²) >= 11 is 0. The van der Waals surface area contributed by atoms with Crippen molar-refractivity contribution in [2.24, 2.45) is 0 Å². The third kappa shape index (κ3) is 4.59. The summed E-state index contributed by atoms with van der Waals surface area (Å²) < 4.78 is 5.13. The van der Waals surface area contributed by atoms with E-state index in [1.807, 2.05) is 24.3 Å². The van der Waals surface area contributed by atoms with Gasteiger partial charge in [0, 0.05) is 0 Å². The van der Waals surface area contributed by atoms with Crippen molar-refractivity contribution in [3.63, 3.8) is 0 Å². The normalized spacial score (nSPS) is 11.8. The Hall–Kier alpha value is -2.29. The van der Waals surface area contributed by atoms with E-state index >= 15 is 0 Å². The Bertz CT molecular complexity index is 662. The molecule has 2 rings (SSSR count). The average molecular weight is 311 g/mol. The molecule has 1 unspecified atom stereocenters. The Morgan fingerprint density at radius 1 is 1.09 bits per heavy atom. The molecule has 3 nitrogen and oxygen atoms in total. The van der Waals surface area contributed by atoms with Gasteiger partial charge >= 0.3 is 0 Å². The second kappa shape index (κ2) is 7.82. The van der Waals surface area contributed by atoms with Gasteiger partial charge in [0.15, 0.2) is 0 Å². The first-order valence-electron chi connectivity index (χ1n) is 8.03. The maximum atomic E-state index is 12.3. The van der Waals surface area contributed by atoms with Gasteiger partial charge in [-0.25, -0.2) is 0 Å². The third-order valence-electron chi connectivity index (χ3n) is 4.20. The van der Waals surface area contributed by atoms with Crippen molar-refractivity contribution in [1.29, 1.82) is 0 Å². The molecule has 0 saturated heterocycles. The van der Waals surface area contributed by atoms with Gasteiger partial charge in [-0.3, -0.25) is 4.79 Å². The zero-order chi connectivity index (χ0) is 16.8.